The van der Waals surface area contributed by atoms with Crippen LogP contribution in [0.4, 0.5) is 11.4 Å². The first kappa shape index (κ1) is 26.0. The quantitative estimate of drug-likeness (QED) is 0.282. The maximum absolute atomic E-state index is 13.5. The van der Waals surface area contributed by atoms with E-state index in [9.17, 15) is 9.59 Å². The third-order valence-corrected chi connectivity index (χ3v) is 6.44. The number of halogens is 1. The van der Waals surface area contributed by atoms with Crippen LogP contribution < -0.4 is 9.80 Å². The molecule has 35 heavy (non-hydrogen) atoms. The molecule has 0 atom stereocenters. The summed E-state index contributed by atoms with van der Waals surface area (Å²) >= 11 is 6.13. The van der Waals surface area contributed by atoms with Gasteiger partial charge in [0.1, 0.15) is 0 Å². The van der Waals surface area contributed by atoms with Crippen molar-refractivity contribution in [2.75, 3.05) is 29.8 Å². The molecule has 0 aliphatic rings. The number of rotatable bonds is 9. The molecule has 0 spiro atoms. The molecule has 0 saturated carbocycles. The van der Waals surface area contributed by atoms with Crippen LogP contribution >= 0.6 is 11.6 Å². The highest BCUT2D eigenvalue weighted by molar-refractivity contribution is 6.20. The highest BCUT2D eigenvalue weighted by atomic mass is 35.5. The molecule has 0 heterocycles. The lowest BCUT2D eigenvalue weighted by atomic mass is 9.93. The number of carbonyl (C=O) groups is 2. The molecule has 3 aromatic carbocycles. The zero-order valence-corrected chi connectivity index (χ0v) is 21.3. The van der Waals surface area contributed by atoms with Crippen molar-refractivity contribution in [3.05, 3.63) is 90.0 Å². The normalized spacial score (nSPS) is 11.5. The van der Waals surface area contributed by atoms with E-state index in [0.717, 1.165) is 28.5 Å². The summed E-state index contributed by atoms with van der Waals surface area (Å²) in [6.07, 6.45) is 2.59. The Labute approximate surface area is 212 Å². The summed E-state index contributed by atoms with van der Waals surface area (Å²) in [6, 6.07) is 23.8. The summed E-state index contributed by atoms with van der Waals surface area (Å²) in [5.41, 5.74) is 4.95. The van der Waals surface area contributed by atoms with Gasteiger partial charge in [-0.25, -0.2) is 4.79 Å². The summed E-state index contributed by atoms with van der Waals surface area (Å²) < 4.78 is 0. The van der Waals surface area contributed by atoms with Crippen LogP contribution in [0.1, 0.15) is 25.0 Å². The monoisotopic (exact) mass is 490 g/mol. The predicted octanol–water partition coefficient (Wildman–Crippen LogP) is 6.32. The number of carboxylic acids is 1. The second-order valence-electron chi connectivity index (χ2n) is 9.31. The second kappa shape index (κ2) is 11.2. The molecule has 3 rings (SSSR count). The Bertz CT molecular complexity index is 1200. The van der Waals surface area contributed by atoms with Crippen LogP contribution in [0, 0.1) is 5.41 Å². The lowest BCUT2D eigenvalue weighted by Gasteiger charge is -2.31. The third kappa shape index (κ3) is 6.74. The molecule has 182 valence electrons. The average Bonchev–Trinajstić information content (AvgIpc) is 2.86. The number of alkyl halides is 1. The smallest absolute Gasteiger partial charge is 0.328 e. The summed E-state index contributed by atoms with van der Waals surface area (Å²) in [6.45, 7) is 4.01. The van der Waals surface area contributed by atoms with Crippen LogP contribution in [0.2, 0.25) is 0 Å². The Balaban J connectivity index is 1.90. The van der Waals surface area contributed by atoms with Crippen LogP contribution in [0.25, 0.3) is 17.2 Å². The maximum Gasteiger partial charge on any atom is 0.328 e. The summed E-state index contributed by atoms with van der Waals surface area (Å²) in [5, 5.41) is 8.95. The Hall–Kier alpha value is -3.57. The SMILES string of the molecule is CN(C)c1ccc(-c2ccc(CN(C(=O)C(C)(C)CCl)c3cccc(C=CC(=O)O)c3)cc2)cc1. The largest absolute Gasteiger partial charge is 0.478 e. The van der Waals surface area contributed by atoms with Gasteiger partial charge in [0.05, 0.1) is 12.0 Å². The van der Waals surface area contributed by atoms with Crippen molar-refractivity contribution in [3.8, 4) is 11.1 Å². The van der Waals surface area contributed by atoms with Crippen molar-refractivity contribution in [1.82, 2.24) is 0 Å². The number of amides is 1. The summed E-state index contributed by atoms with van der Waals surface area (Å²) in [5.74, 6) is -0.943. The number of carbonyl (C=O) groups excluding carboxylic acids is 1. The standard InChI is InChI=1S/C29H31ClN2O3/c1-29(2,20-30)28(35)32(26-7-5-6-21(18-26)10-17-27(33)34)19-22-8-11-23(12-9-22)24-13-15-25(16-14-24)31(3)4/h5-18H,19-20H2,1-4H3,(H,33,34). The molecule has 3 aromatic rings. The van der Waals surface area contributed by atoms with Gasteiger partial charge < -0.3 is 14.9 Å². The molecule has 0 bridgehead atoms. The van der Waals surface area contributed by atoms with Crippen LogP contribution in [-0.2, 0) is 16.1 Å². The van der Waals surface area contributed by atoms with Crippen LogP contribution in [-0.4, -0.2) is 37.0 Å². The van der Waals surface area contributed by atoms with Crippen molar-refractivity contribution >= 4 is 40.9 Å². The Morgan fingerprint density at radius 3 is 2.06 bits per heavy atom. The van der Waals surface area contributed by atoms with Gasteiger partial charge in [0, 0.05) is 37.4 Å². The van der Waals surface area contributed by atoms with Crippen molar-refractivity contribution in [2.24, 2.45) is 5.41 Å². The zero-order chi connectivity index (χ0) is 25.6. The maximum atomic E-state index is 13.5. The molecule has 0 fully saturated rings. The molecule has 0 aromatic heterocycles. The highest BCUT2D eigenvalue weighted by Gasteiger charge is 2.32. The second-order valence-corrected chi connectivity index (χ2v) is 9.58. The minimum Gasteiger partial charge on any atom is -0.478 e. The van der Waals surface area contributed by atoms with Gasteiger partial charge in [0.2, 0.25) is 5.91 Å². The fraction of sp³-hybridized carbons (Fsp3) is 0.241. The van der Waals surface area contributed by atoms with Crippen LogP contribution in [0.5, 0.6) is 0 Å². The molecule has 5 nitrogen and oxygen atoms in total. The topological polar surface area (TPSA) is 60.9 Å². The van der Waals surface area contributed by atoms with Crippen molar-refractivity contribution in [2.45, 2.75) is 20.4 Å². The molecule has 0 saturated heterocycles. The van der Waals surface area contributed by atoms with Gasteiger partial charge in [-0.2, -0.15) is 0 Å². The molecular formula is C29H31ClN2O3. The third-order valence-electron chi connectivity index (χ3n) is 5.77. The van der Waals surface area contributed by atoms with Gasteiger partial charge in [0.25, 0.3) is 0 Å². The number of nitrogens with zero attached hydrogens (tertiary/aromatic N) is 2. The molecule has 0 aliphatic heterocycles. The molecule has 1 amide bonds. The van der Waals surface area contributed by atoms with E-state index in [2.05, 4.69) is 41.3 Å². The van der Waals surface area contributed by atoms with E-state index in [4.69, 9.17) is 16.7 Å². The minimum absolute atomic E-state index is 0.102. The molecule has 6 heteroatoms. The predicted molar refractivity (Wildman–Crippen MR) is 145 cm³/mol. The highest BCUT2D eigenvalue weighted by Crippen LogP contribution is 2.29. The number of benzene rings is 3. The first-order valence-corrected chi connectivity index (χ1v) is 11.9. The van der Waals surface area contributed by atoms with E-state index < -0.39 is 11.4 Å². The van der Waals surface area contributed by atoms with Gasteiger partial charge in [-0.3, -0.25) is 4.79 Å². The van der Waals surface area contributed by atoms with E-state index in [0.29, 0.717) is 17.8 Å². The van der Waals surface area contributed by atoms with Crippen molar-refractivity contribution in [3.63, 3.8) is 0 Å². The fourth-order valence-electron chi connectivity index (χ4n) is 3.60. The van der Waals surface area contributed by atoms with Gasteiger partial charge >= 0.3 is 5.97 Å². The minimum atomic E-state index is -1.02. The van der Waals surface area contributed by atoms with Crippen molar-refractivity contribution < 1.29 is 14.7 Å². The number of hydrogen-bond acceptors (Lipinski definition) is 3. The Kier molecular flexibility index (Phi) is 8.36. The van der Waals surface area contributed by atoms with Crippen LogP contribution in [0.15, 0.2) is 78.9 Å². The van der Waals surface area contributed by atoms with E-state index in [1.807, 2.05) is 58.3 Å². The lowest BCUT2D eigenvalue weighted by molar-refractivity contribution is -0.131. The average molecular weight is 491 g/mol. The number of carboxylic acid groups (broad SMARTS) is 1. The summed E-state index contributed by atoms with van der Waals surface area (Å²) in [7, 11) is 4.03. The van der Waals surface area contributed by atoms with E-state index in [1.165, 1.54) is 6.08 Å². The molecule has 0 aliphatic carbocycles. The fourth-order valence-corrected chi connectivity index (χ4v) is 3.72. The molecule has 0 radical (unpaired) electrons. The van der Waals surface area contributed by atoms with Crippen LogP contribution in [0.3, 0.4) is 0 Å². The first-order chi connectivity index (χ1) is 16.6. The Morgan fingerprint density at radius 2 is 1.51 bits per heavy atom. The molecular weight excluding hydrogens is 460 g/mol. The van der Waals surface area contributed by atoms with E-state index in [-0.39, 0.29) is 11.8 Å². The van der Waals surface area contributed by atoms with Gasteiger partial charge in [0.15, 0.2) is 0 Å². The van der Waals surface area contributed by atoms with Gasteiger partial charge in [-0.1, -0.05) is 48.5 Å². The van der Waals surface area contributed by atoms with Gasteiger partial charge in [-0.15, -0.1) is 11.6 Å². The summed E-state index contributed by atoms with van der Waals surface area (Å²) in [4.78, 5) is 28.2. The van der Waals surface area contributed by atoms with E-state index >= 15 is 0 Å². The van der Waals surface area contributed by atoms with E-state index in [1.54, 1.807) is 11.0 Å². The van der Waals surface area contributed by atoms with Gasteiger partial charge in [-0.05, 0) is 66.4 Å². The first-order valence-electron chi connectivity index (χ1n) is 11.4. The van der Waals surface area contributed by atoms with Crippen molar-refractivity contribution in [1.29, 1.82) is 0 Å². The number of aliphatic carboxylic acids is 1. The Morgan fingerprint density at radius 1 is 0.914 bits per heavy atom. The molecule has 0 unspecified atom stereocenters. The number of anilines is 2. The lowest BCUT2D eigenvalue weighted by Crippen LogP contribution is -2.41. The zero-order valence-electron chi connectivity index (χ0n) is 20.5. The molecule has 1 N–H and O–H groups in total. The number of hydrogen-bond donors (Lipinski definition) is 1.